The van der Waals surface area contributed by atoms with Gasteiger partial charge in [-0.2, -0.15) is 9.61 Å². The third-order valence-corrected chi connectivity index (χ3v) is 7.82. The fourth-order valence-corrected chi connectivity index (χ4v) is 5.52. The summed E-state index contributed by atoms with van der Waals surface area (Å²) in [5.41, 5.74) is 13.9. The van der Waals surface area contributed by atoms with Crippen molar-refractivity contribution in [1.29, 1.82) is 0 Å². The van der Waals surface area contributed by atoms with Gasteiger partial charge in [-0.15, -0.1) is 5.10 Å². The van der Waals surface area contributed by atoms with Gasteiger partial charge in [-0.3, -0.25) is 14.8 Å². The number of anilines is 1. The van der Waals surface area contributed by atoms with Crippen LogP contribution in [0.25, 0.3) is 44.8 Å². The predicted molar refractivity (Wildman–Crippen MR) is 158 cm³/mol. The molecule has 0 spiro atoms. The summed E-state index contributed by atoms with van der Waals surface area (Å²) in [4.78, 5) is 27.7. The van der Waals surface area contributed by atoms with Crippen molar-refractivity contribution in [2.45, 2.75) is 32.4 Å². The lowest BCUT2D eigenvalue weighted by Gasteiger charge is -2.31. The van der Waals surface area contributed by atoms with E-state index >= 15 is 0 Å². The summed E-state index contributed by atoms with van der Waals surface area (Å²) in [6.45, 7) is 3.54. The number of likely N-dealkylation sites (tertiary alicyclic amines) is 1. The van der Waals surface area contributed by atoms with E-state index in [2.05, 4.69) is 30.7 Å². The van der Waals surface area contributed by atoms with Gasteiger partial charge in [0, 0.05) is 67.9 Å². The van der Waals surface area contributed by atoms with Crippen molar-refractivity contribution in [2.24, 2.45) is 0 Å². The number of nitrogens with zero attached hydrogens (tertiary/aromatic N) is 9. The molecule has 7 rings (SSSR count). The number of hydrogen-bond donors (Lipinski definition) is 2. The number of rotatable bonds is 6. The first-order valence-corrected chi connectivity index (χ1v) is 13.9. The van der Waals surface area contributed by atoms with Crippen molar-refractivity contribution in [3.05, 3.63) is 79.0 Å². The summed E-state index contributed by atoms with van der Waals surface area (Å²) in [5.74, 6) is 0.523. The maximum atomic E-state index is 11.8. The average Bonchev–Trinajstić information content (AvgIpc) is 3.66. The number of nitrogens with one attached hydrogen (secondary N) is 1. The van der Waals surface area contributed by atoms with E-state index < -0.39 is 0 Å². The van der Waals surface area contributed by atoms with Crippen LogP contribution in [-0.4, -0.2) is 69.5 Å². The average molecular weight is 560 g/mol. The molecular weight excluding hydrogens is 530 g/mol. The van der Waals surface area contributed by atoms with Crippen LogP contribution in [0.2, 0.25) is 0 Å². The fraction of sp³-hybridized carbons (Fsp3) is 0.233. The Labute approximate surface area is 241 Å². The third-order valence-electron chi connectivity index (χ3n) is 7.82. The monoisotopic (exact) mass is 559 g/mol. The number of fused-ring (bicyclic) bond motifs is 2. The van der Waals surface area contributed by atoms with Crippen molar-refractivity contribution >= 4 is 28.4 Å². The lowest BCUT2D eigenvalue weighted by molar-refractivity contribution is -0.129. The SMILES string of the molecule is CC(=O)N1CCC(NCc2nc3c(-c4ccc(-c5cccnc5)nc4)cnn3c(N)c2-n2nnc3ccccc32)CC1. The Morgan fingerprint density at radius 2 is 1.88 bits per heavy atom. The van der Waals surface area contributed by atoms with E-state index in [-0.39, 0.29) is 11.9 Å². The highest BCUT2D eigenvalue weighted by Crippen LogP contribution is 2.31. The zero-order chi connectivity index (χ0) is 28.6. The first kappa shape index (κ1) is 25.7. The van der Waals surface area contributed by atoms with Gasteiger partial charge >= 0.3 is 0 Å². The summed E-state index contributed by atoms with van der Waals surface area (Å²) < 4.78 is 3.38. The van der Waals surface area contributed by atoms with Crippen LogP contribution in [0.4, 0.5) is 5.82 Å². The first-order valence-electron chi connectivity index (χ1n) is 13.9. The van der Waals surface area contributed by atoms with Crippen LogP contribution >= 0.6 is 0 Å². The number of hydrogen-bond acceptors (Lipinski definition) is 9. The van der Waals surface area contributed by atoms with Crippen LogP contribution in [-0.2, 0) is 11.3 Å². The number of para-hydroxylation sites is 1. The maximum absolute atomic E-state index is 11.8. The van der Waals surface area contributed by atoms with Crippen LogP contribution in [0.1, 0.15) is 25.5 Å². The van der Waals surface area contributed by atoms with Crippen molar-refractivity contribution in [3.63, 3.8) is 0 Å². The van der Waals surface area contributed by atoms with Gasteiger partial charge in [-0.1, -0.05) is 23.4 Å². The number of carbonyl (C=O) groups is 1. The molecule has 6 heterocycles. The topological polar surface area (TPSA) is 145 Å². The van der Waals surface area contributed by atoms with Gasteiger partial charge in [-0.05, 0) is 43.2 Å². The fourth-order valence-electron chi connectivity index (χ4n) is 5.52. The Balaban J connectivity index is 1.28. The highest BCUT2D eigenvalue weighted by Gasteiger charge is 2.24. The van der Waals surface area contributed by atoms with Crippen LogP contribution in [0.3, 0.4) is 0 Å². The Bertz CT molecular complexity index is 1890. The molecule has 1 fully saturated rings. The van der Waals surface area contributed by atoms with Gasteiger partial charge in [0.25, 0.3) is 0 Å². The Morgan fingerprint density at radius 1 is 1.02 bits per heavy atom. The Morgan fingerprint density at radius 3 is 2.64 bits per heavy atom. The number of nitrogens with two attached hydrogens (primary N) is 1. The quantitative estimate of drug-likeness (QED) is 0.314. The summed E-state index contributed by atoms with van der Waals surface area (Å²) in [6, 6.07) is 15.8. The smallest absolute Gasteiger partial charge is 0.219 e. The minimum Gasteiger partial charge on any atom is -0.382 e. The van der Waals surface area contributed by atoms with E-state index in [1.807, 2.05) is 59.6 Å². The number of amides is 1. The van der Waals surface area contributed by atoms with Gasteiger partial charge in [0.1, 0.15) is 11.2 Å². The molecule has 3 N–H and O–H groups in total. The molecule has 210 valence electrons. The molecule has 1 aliphatic heterocycles. The van der Waals surface area contributed by atoms with E-state index in [1.54, 1.807) is 34.7 Å². The van der Waals surface area contributed by atoms with Gasteiger partial charge in [-0.25, -0.2) is 9.67 Å². The molecule has 0 bridgehead atoms. The number of nitrogen functional groups attached to an aromatic ring is 1. The molecule has 0 unspecified atom stereocenters. The first-order chi connectivity index (χ1) is 20.6. The Kier molecular flexibility index (Phi) is 6.51. The molecule has 0 aliphatic carbocycles. The molecule has 1 aliphatic rings. The lowest BCUT2D eigenvalue weighted by atomic mass is 10.0. The van der Waals surface area contributed by atoms with Gasteiger partial charge < -0.3 is 16.0 Å². The molecular formula is C30H29N11O. The van der Waals surface area contributed by atoms with E-state index in [0.29, 0.717) is 23.7 Å². The van der Waals surface area contributed by atoms with Crippen LogP contribution < -0.4 is 11.1 Å². The number of aromatic nitrogens is 8. The number of piperidine rings is 1. The highest BCUT2D eigenvalue weighted by atomic mass is 16.2. The van der Waals surface area contributed by atoms with Gasteiger partial charge in [0.05, 0.1) is 23.1 Å². The maximum Gasteiger partial charge on any atom is 0.219 e. The molecule has 1 amide bonds. The zero-order valence-corrected chi connectivity index (χ0v) is 23.1. The normalized spacial score (nSPS) is 14.2. The predicted octanol–water partition coefficient (Wildman–Crippen LogP) is 3.27. The van der Waals surface area contributed by atoms with E-state index in [4.69, 9.17) is 10.7 Å². The van der Waals surface area contributed by atoms with Crippen molar-refractivity contribution in [3.8, 4) is 28.1 Å². The second-order valence-electron chi connectivity index (χ2n) is 10.4. The summed E-state index contributed by atoms with van der Waals surface area (Å²) in [7, 11) is 0. The molecule has 0 saturated carbocycles. The number of benzene rings is 1. The molecule has 12 nitrogen and oxygen atoms in total. The molecule has 0 radical (unpaired) electrons. The summed E-state index contributed by atoms with van der Waals surface area (Å²) in [6.07, 6.45) is 8.84. The molecule has 0 atom stereocenters. The molecule has 5 aromatic heterocycles. The van der Waals surface area contributed by atoms with E-state index in [1.165, 1.54) is 0 Å². The molecule has 12 heteroatoms. The second-order valence-corrected chi connectivity index (χ2v) is 10.4. The summed E-state index contributed by atoms with van der Waals surface area (Å²) >= 11 is 0. The summed E-state index contributed by atoms with van der Waals surface area (Å²) in [5, 5.41) is 17.1. The minimum atomic E-state index is 0.116. The van der Waals surface area contributed by atoms with E-state index in [0.717, 1.165) is 65.0 Å². The molecule has 42 heavy (non-hydrogen) atoms. The van der Waals surface area contributed by atoms with Crippen molar-refractivity contribution in [1.82, 2.24) is 49.8 Å². The van der Waals surface area contributed by atoms with Crippen LogP contribution in [0.5, 0.6) is 0 Å². The number of carbonyl (C=O) groups excluding carboxylic acids is 1. The van der Waals surface area contributed by atoms with E-state index in [9.17, 15) is 4.79 Å². The van der Waals surface area contributed by atoms with Gasteiger partial charge in [0.2, 0.25) is 5.91 Å². The molecule has 1 aromatic carbocycles. The largest absolute Gasteiger partial charge is 0.382 e. The van der Waals surface area contributed by atoms with Crippen LogP contribution in [0.15, 0.2) is 73.3 Å². The van der Waals surface area contributed by atoms with Crippen molar-refractivity contribution in [2.75, 3.05) is 18.8 Å². The van der Waals surface area contributed by atoms with Gasteiger partial charge in [0.15, 0.2) is 11.5 Å². The second kappa shape index (κ2) is 10.6. The third kappa shape index (κ3) is 4.61. The molecule has 6 aromatic rings. The zero-order valence-electron chi connectivity index (χ0n) is 23.1. The standard InChI is InChI=1S/C30H29N11O/c1-19(42)39-13-10-22(11-14-39)33-18-26-28(40-27-7-3-2-6-25(27)37-38-40)29(31)41-30(36-26)23(17-35-41)20-8-9-24(34-16-20)21-5-4-12-32-15-21/h2-9,12,15-17,22,33H,10-11,13-14,18,31H2,1H3. The molecule has 1 saturated heterocycles. The lowest BCUT2D eigenvalue weighted by Crippen LogP contribution is -2.44. The minimum absolute atomic E-state index is 0.116. The van der Waals surface area contributed by atoms with Crippen LogP contribution in [0, 0.1) is 0 Å². The highest BCUT2D eigenvalue weighted by molar-refractivity contribution is 5.82. The Hall–Kier alpha value is -5.23. The van der Waals surface area contributed by atoms with Crippen molar-refractivity contribution < 1.29 is 4.79 Å². The number of pyridine rings is 2.